The lowest BCUT2D eigenvalue weighted by atomic mass is 10.1. The number of anilines is 2. The van der Waals surface area contributed by atoms with Crippen LogP contribution in [0.5, 0.6) is 0 Å². The smallest absolute Gasteiger partial charge is 0.323 e. The first-order valence-corrected chi connectivity index (χ1v) is 7.61. The fraction of sp³-hybridized carbons (Fsp3) is 0.167. The largest absolute Gasteiger partial charge is 0.399 e. The van der Waals surface area contributed by atoms with E-state index in [1.807, 2.05) is 0 Å². The zero-order chi connectivity index (χ0) is 18.4. The van der Waals surface area contributed by atoms with Crippen molar-refractivity contribution in [2.45, 2.75) is 13.3 Å². The molecule has 0 aliphatic heterocycles. The molecule has 0 aromatic heterocycles. The van der Waals surface area contributed by atoms with Crippen molar-refractivity contribution in [3.8, 4) is 0 Å². The fourth-order valence-corrected chi connectivity index (χ4v) is 2.25. The van der Waals surface area contributed by atoms with E-state index in [1.165, 1.54) is 31.2 Å². The molecule has 7 heteroatoms. The molecule has 0 fully saturated rings. The Morgan fingerprint density at radius 1 is 1.12 bits per heavy atom. The van der Waals surface area contributed by atoms with Crippen LogP contribution in [0.3, 0.4) is 0 Å². The summed E-state index contributed by atoms with van der Waals surface area (Å²) >= 11 is 0. The highest BCUT2D eigenvalue weighted by molar-refractivity contribution is 6.45. The van der Waals surface area contributed by atoms with Crippen LogP contribution in [-0.2, 0) is 20.8 Å². The lowest BCUT2D eigenvalue weighted by Gasteiger charge is -2.19. The number of hydrogen-bond donors (Lipinski definition) is 2. The number of nitrogens with zero attached hydrogens (tertiary/aromatic N) is 1. The zero-order valence-electron chi connectivity index (χ0n) is 13.7. The van der Waals surface area contributed by atoms with E-state index >= 15 is 0 Å². The Bertz CT molecular complexity index is 790. The first-order chi connectivity index (χ1) is 11.9. The normalized spacial score (nSPS) is 10.2. The molecule has 2 rings (SSSR count). The van der Waals surface area contributed by atoms with Gasteiger partial charge in [0.05, 0.1) is 5.69 Å². The number of benzene rings is 2. The third-order valence-corrected chi connectivity index (χ3v) is 3.45. The van der Waals surface area contributed by atoms with Crippen LogP contribution in [0.4, 0.5) is 15.8 Å². The first kappa shape index (κ1) is 18.1. The second kappa shape index (κ2) is 8.05. The molecule has 3 amide bonds. The number of nitrogen functional groups attached to an aromatic ring is 1. The lowest BCUT2D eigenvalue weighted by Crippen LogP contribution is -2.46. The van der Waals surface area contributed by atoms with Crippen LogP contribution in [0.15, 0.2) is 48.5 Å². The van der Waals surface area contributed by atoms with E-state index in [1.54, 1.807) is 24.3 Å². The minimum absolute atomic E-state index is 0.179. The molecule has 0 unspecified atom stereocenters. The highest BCUT2D eigenvalue weighted by Gasteiger charge is 2.26. The summed E-state index contributed by atoms with van der Waals surface area (Å²) in [6.45, 7) is 1.37. The van der Waals surface area contributed by atoms with Crippen LogP contribution < -0.4 is 16.0 Å². The Labute approximate surface area is 144 Å². The SMILES string of the molecule is CC(=O)N(C(=O)C(=O)NCCc1ccc(F)cc1)c1cccc(N)c1. The van der Waals surface area contributed by atoms with Gasteiger partial charge in [-0.15, -0.1) is 0 Å². The van der Waals surface area contributed by atoms with Gasteiger partial charge in [0.2, 0.25) is 5.91 Å². The summed E-state index contributed by atoms with van der Waals surface area (Å²) in [5.74, 6) is -2.83. The van der Waals surface area contributed by atoms with Crippen molar-refractivity contribution in [1.82, 2.24) is 5.32 Å². The molecule has 0 spiro atoms. The Kier molecular flexibility index (Phi) is 5.84. The number of rotatable bonds is 4. The van der Waals surface area contributed by atoms with Gasteiger partial charge in [0.1, 0.15) is 5.82 Å². The van der Waals surface area contributed by atoms with Crippen LogP contribution >= 0.6 is 0 Å². The first-order valence-electron chi connectivity index (χ1n) is 7.61. The van der Waals surface area contributed by atoms with E-state index in [-0.39, 0.29) is 18.0 Å². The van der Waals surface area contributed by atoms with Gasteiger partial charge >= 0.3 is 11.8 Å². The maximum Gasteiger partial charge on any atom is 0.323 e. The number of nitrogens with one attached hydrogen (secondary N) is 1. The number of hydrogen-bond acceptors (Lipinski definition) is 4. The van der Waals surface area contributed by atoms with E-state index in [2.05, 4.69) is 5.32 Å². The summed E-state index contributed by atoms with van der Waals surface area (Å²) in [4.78, 5) is 36.9. The van der Waals surface area contributed by atoms with Crippen LogP contribution in [0.1, 0.15) is 12.5 Å². The van der Waals surface area contributed by atoms with Gasteiger partial charge in [-0.2, -0.15) is 0 Å². The highest BCUT2D eigenvalue weighted by atomic mass is 19.1. The topological polar surface area (TPSA) is 92.5 Å². The number of imide groups is 1. The zero-order valence-corrected chi connectivity index (χ0v) is 13.7. The lowest BCUT2D eigenvalue weighted by molar-refractivity contribution is -0.139. The molecule has 6 nitrogen and oxygen atoms in total. The molecule has 0 saturated carbocycles. The number of amides is 3. The summed E-state index contributed by atoms with van der Waals surface area (Å²) in [7, 11) is 0. The van der Waals surface area contributed by atoms with Gasteiger partial charge in [0, 0.05) is 19.2 Å². The molecule has 0 aliphatic rings. The van der Waals surface area contributed by atoms with Crippen molar-refractivity contribution in [3.05, 3.63) is 59.9 Å². The van der Waals surface area contributed by atoms with Crippen molar-refractivity contribution in [3.63, 3.8) is 0 Å². The molecule has 0 heterocycles. The van der Waals surface area contributed by atoms with Gasteiger partial charge in [-0.3, -0.25) is 14.4 Å². The minimum atomic E-state index is -0.989. The number of carbonyl (C=O) groups is 3. The van der Waals surface area contributed by atoms with Crippen LogP contribution in [0, 0.1) is 5.82 Å². The van der Waals surface area contributed by atoms with Gasteiger partial charge in [-0.25, -0.2) is 9.29 Å². The average molecular weight is 343 g/mol. The van der Waals surface area contributed by atoms with Gasteiger partial charge in [0.25, 0.3) is 0 Å². The standard InChI is InChI=1S/C18H18FN3O3/c1-12(23)22(16-4-2-3-15(20)11-16)18(25)17(24)21-10-9-13-5-7-14(19)8-6-13/h2-8,11H,9-10,20H2,1H3,(H,21,24). The minimum Gasteiger partial charge on any atom is -0.399 e. The molecule has 3 N–H and O–H groups in total. The van der Waals surface area contributed by atoms with Gasteiger partial charge in [-0.1, -0.05) is 18.2 Å². The monoisotopic (exact) mass is 343 g/mol. The quantitative estimate of drug-likeness (QED) is 0.652. The molecular weight excluding hydrogens is 325 g/mol. The maximum absolute atomic E-state index is 12.8. The second-order valence-electron chi connectivity index (χ2n) is 5.39. The average Bonchev–Trinajstić information content (AvgIpc) is 2.56. The number of halogens is 1. The fourth-order valence-electron chi connectivity index (χ4n) is 2.25. The maximum atomic E-state index is 12.8. The third kappa shape index (κ3) is 4.87. The van der Waals surface area contributed by atoms with Crippen molar-refractivity contribution in [2.24, 2.45) is 0 Å². The molecule has 0 aliphatic carbocycles. The van der Waals surface area contributed by atoms with Crippen molar-refractivity contribution >= 4 is 29.1 Å². The predicted molar refractivity (Wildman–Crippen MR) is 92.1 cm³/mol. The molecule has 0 saturated heterocycles. The van der Waals surface area contributed by atoms with Gasteiger partial charge < -0.3 is 11.1 Å². The molecule has 0 atom stereocenters. The summed E-state index contributed by atoms with van der Waals surface area (Å²) in [6.07, 6.45) is 0.428. The van der Waals surface area contributed by atoms with E-state index < -0.39 is 17.7 Å². The Morgan fingerprint density at radius 2 is 1.80 bits per heavy atom. The van der Waals surface area contributed by atoms with E-state index in [0.717, 1.165) is 10.5 Å². The Balaban J connectivity index is 2.00. The summed E-state index contributed by atoms with van der Waals surface area (Å²) in [5.41, 5.74) is 7.06. The second-order valence-corrected chi connectivity index (χ2v) is 5.39. The van der Waals surface area contributed by atoms with E-state index in [0.29, 0.717) is 12.1 Å². The van der Waals surface area contributed by atoms with E-state index in [4.69, 9.17) is 5.73 Å². The number of nitrogens with two attached hydrogens (primary N) is 1. The van der Waals surface area contributed by atoms with Crippen LogP contribution in [0.2, 0.25) is 0 Å². The van der Waals surface area contributed by atoms with Crippen LogP contribution in [-0.4, -0.2) is 24.3 Å². The summed E-state index contributed by atoms with van der Waals surface area (Å²) in [6, 6.07) is 12.0. The molecular formula is C18H18FN3O3. The Hall–Kier alpha value is -3.22. The molecule has 25 heavy (non-hydrogen) atoms. The summed E-state index contributed by atoms with van der Waals surface area (Å²) < 4.78 is 12.8. The summed E-state index contributed by atoms with van der Waals surface area (Å²) in [5, 5.41) is 2.46. The molecule has 2 aromatic rings. The Morgan fingerprint density at radius 3 is 2.40 bits per heavy atom. The highest BCUT2D eigenvalue weighted by Crippen LogP contribution is 2.18. The number of carbonyl (C=O) groups excluding carboxylic acids is 3. The molecule has 0 radical (unpaired) electrons. The third-order valence-electron chi connectivity index (χ3n) is 3.45. The van der Waals surface area contributed by atoms with Crippen molar-refractivity contribution < 1.29 is 18.8 Å². The van der Waals surface area contributed by atoms with Gasteiger partial charge in [-0.05, 0) is 42.3 Å². The van der Waals surface area contributed by atoms with Crippen molar-refractivity contribution in [2.75, 3.05) is 17.2 Å². The van der Waals surface area contributed by atoms with Crippen LogP contribution in [0.25, 0.3) is 0 Å². The molecule has 2 aromatic carbocycles. The predicted octanol–water partition coefficient (Wildman–Crippen LogP) is 1.65. The molecule has 130 valence electrons. The van der Waals surface area contributed by atoms with Gasteiger partial charge in [0.15, 0.2) is 0 Å². The molecule has 0 bridgehead atoms. The van der Waals surface area contributed by atoms with Crippen molar-refractivity contribution in [1.29, 1.82) is 0 Å². The van der Waals surface area contributed by atoms with E-state index in [9.17, 15) is 18.8 Å².